The molecule has 0 unspecified atom stereocenters. The molecule has 1 aliphatic carbocycles. The Morgan fingerprint density at radius 1 is 1.30 bits per heavy atom. The third-order valence-corrected chi connectivity index (χ3v) is 4.63. The summed E-state index contributed by atoms with van der Waals surface area (Å²) < 4.78 is 5.47. The Hall–Kier alpha value is -1.07. The minimum absolute atomic E-state index is 0.235. The summed E-state index contributed by atoms with van der Waals surface area (Å²) in [4.78, 5) is 23.6. The molecule has 1 aliphatic rings. The molecule has 6 heteroatoms. The summed E-state index contributed by atoms with van der Waals surface area (Å²) in [6.45, 7) is 0.447. The van der Waals surface area contributed by atoms with Crippen LogP contribution >= 0.6 is 22.9 Å². The van der Waals surface area contributed by atoms with Gasteiger partial charge in [-0.15, -0.1) is 11.3 Å². The van der Waals surface area contributed by atoms with Gasteiger partial charge in [-0.05, 0) is 30.9 Å². The van der Waals surface area contributed by atoms with Crippen molar-refractivity contribution < 1.29 is 14.3 Å². The molecule has 1 aromatic rings. The van der Waals surface area contributed by atoms with E-state index in [-0.39, 0.29) is 12.5 Å². The fraction of sp³-hybridized carbons (Fsp3) is 0.571. The molecule has 4 nitrogen and oxygen atoms in total. The van der Waals surface area contributed by atoms with Gasteiger partial charge in [-0.2, -0.15) is 0 Å². The number of carbonyl (C=O) groups is 2. The standard InChI is InChI=1S/C14H18ClNO3S/c15-12-7-6-11(20-12)14(18)19-9-13(17)16-8-10-4-2-1-3-5-10/h6-7,10H,1-5,8-9H2,(H,16,17). The molecule has 0 bridgehead atoms. The molecule has 0 aromatic carbocycles. The number of hydrogen-bond donors (Lipinski definition) is 1. The van der Waals surface area contributed by atoms with Crippen molar-refractivity contribution in [2.75, 3.05) is 13.2 Å². The number of rotatable bonds is 5. The topological polar surface area (TPSA) is 55.4 Å². The minimum atomic E-state index is -0.505. The Bertz CT molecular complexity index is 469. The molecule has 1 N–H and O–H groups in total. The van der Waals surface area contributed by atoms with Crippen molar-refractivity contribution in [2.24, 2.45) is 5.92 Å². The number of esters is 1. The summed E-state index contributed by atoms with van der Waals surface area (Å²) in [5.74, 6) is -0.180. The Morgan fingerprint density at radius 2 is 2.05 bits per heavy atom. The zero-order chi connectivity index (χ0) is 14.4. The first kappa shape index (κ1) is 15.3. The number of halogens is 1. The third-order valence-electron chi connectivity index (χ3n) is 3.42. The van der Waals surface area contributed by atoms with Gasteiger partial charge in [0.25, 0.3) is 5.91 Å². The fourth-order valence-electron chi connectivity index (χ4n) is 2.33. The van der Waals surface area contributed by atoms with Gasteiger partial charge in [-0.1, -0.05) is 30.9 Å². The van der Waals surface area contributed by atoms with Crippen LogP contribution in [0, 0.1) is 5.92 Å². The highest BCUT2D eigenvalue weighted by Gasteiger charge is 2.16. The lowest BCUT2D eigenvalue weighted by atomic mass is 9.89. The van der Waals surface area contributed by atoms with E-state index < -0.39 is 5.97 Å². The second-order valence-corrected chi connectivity index (χ2v) is 6.70. The normalized spacial score (nSPS) is 15.8. The molecule has 0 spiro atoms. The molecule has 110 valence electrons. The number of hydrogen-bond acceptors (Lipinski definition) is 4. The fourth-order valence-corrected chi connectivity index (χ4v) is 3.26. The van der Waals surface area contributed by atoms with Crippen LogP contribution in [0.4, 0.5) is 0 Å². The van der Waals surface area contributed by atoms with Crippen molar-refractivity contribution in [1.29, 1.82) is 0 Å². The van der Waals surface area contributed by atoms with E-state index in [9.17, 15) is 9.59 Å². The number of thiophene rings is 1. The largest absolute Gasteiger partial charge is 0.451 e. The highest BCUT2D eigenvalue weighted by atomic mass is 35.5. The maximum absolute atomic E-state index is 11.6. The second kappa shape index (κ2) is 7.64. The lowest BCUT2D eigenvalue weighted by molar-refractivity contribution is -0.124. The molecule has 1 saturated carbocycles. The average Bonchev–Trinajstić information content (AvgIpc) is 2.90. The summed E-state index contributed by atoms with van der Waals surface area (Å²) >= 11 is 6.88. The van der Waals surface area contributed by atoms with Gasteiger partial charge in [0, 0.05) is 6.54 Å². The van der Waals surface area contributed by atoms with Crippen LogP contribution in [0.3, 0.4) is 0 Å². The van der Waals surface area contributed by atoms with E-state index in [1.165, 1.54) is 32.1 Å². The van der Waals surface area contributed by atoms with Gasteiger partial charge in [-0.3, -0.25) is 4.79 Å². The van der Waals surface area contributed by atoms with Gasteiger partial charge in [0.05, 0.1) is 4.34 Å². The Labute approximate surface area is 127 Å². The smallest absolute Gasteiger partial charge is 0.348 e. The van der Waals surface area contributed by atoms with E-state index in [0.717, 1.165) is 11.3 Å². The first-order valence-electron chi connectivity index (χ1n) is 6.84. The molecule has 1 aromatic heterocycles. The van der Waals surface area contributed by atoms with Crippen LogP contribution in [0.15, 0.2) is 12.1 Å². The van der Waals surface area contributed by atoms with Crippen LogP contribution in [-0.4, -0.2) is 25.0 Å². The van der Waals surface area contributed by atoms with Gasteiger partial charge in [-0.25, -0.2) is 4.79 Å². The lowest BCUT2D eigenvalue weighted by Crippen LogP contribution is -2.33. The van der Waals surface area contributed by atoms with E-state index in [1.54, 1.807) is 12.1 Å². The first-order chi connectivity index (χ1) is 9.65. The molecular formula is C14H18ClNO3S. The minimum Gasteiger partial charge on any atom is -0.451 e. The zero-order valence-electron chi connectivity index (χ0n) is 11.2. The van der Waals surface area contributed by atoms with Gasteiger partial charge in [0.2, 0.25) is 0 Å². The van der Waals surface area contributed by atoms with Gasteiger partial charge in [0.1, 0.15) is 4.88 Å². The Kier molecular flexibility index (Phi) is 5.86. The van der Waals surface area contributed by atoms with Crippen LogP contribution in [-0.2, 0) is 9.53 Å². The van der Waals surface area contributed by atoms with E-state index in [0.29, 0.717) is 21.7 Å². The molecule has 1 heterocycles. The van der Waals surface area contributed by atoms with E-state index >= 15 is 0 Å². The quantitative estimate of drug-likeness (QED) is 0.849. The van der Waals surface area contributed by atoms with Crippen molar-refractivity contribution in [1.82, 2.24) is 5.32 Å². The van der Waals surface area contributed by atoms with Crippen LogP contribution in [0.1, 0.15) is 41.8 Å². The lowest BCUT2D eigenvalue weighted by Gasteiger charge is -2.21. The van der Waals surface area contributed by atoms with Gasteiger partial charge >= 0.3 is 5.97 Å². The molecule has 0 saturated heterocycles. The summed E-state index contributed by atoms with van der Waals surface area (Å²) in [7, 11) is 0. The molecule has 2 rings (SSSR count). The van der Waals surface area contributed by atoms with Crippen molar-refractivity contribution in [3.63, 3.8) is 0 Å². The summed E-state index contributed by atoms with van der Waals surface area (Å²) in [6.07, 6.45) is 6.14. The maximum Gasteiger partial charge on any atom is 0.348 e. The molecule has 0 radical (unpaired) electrons. The average molecular weight is 316 g/mol. The molecule has 0 aliphatic heterocycles. The number of ether oxygens (including phenoxy) is 1. The maximum atomic E-state index is 11.6. The SMILES string of the molecule is O=C(COC(=O)c1ccc(Cl)s1)NCC1CCCCC1. The van der Waals surface area contributed by atoms with Crippen molar-refractivity contribution in [3.8, 4) is 0 Å². The first-order valence-corrected chi connectivity index (χ1v) is 8.04. The third kappa shape index (κ3) is 4.80. The van der Waals surface area contributed by atoms with Crippen LogP contribution in [0.5, 0.6) is 0 Å². The predicted octanol–water partition coefficient (Wildman–Crippen LogP) is 3.25. The van der Waals surface area contributed by atoms with Gasteiger partial charge in [0.15, 0.2) is 6.61 Å². The van der Waals surface area contributed by atoms with E-state index in [4.69, 9.17) is 16.3 Å². The zero-order valence-corrected chi connectivity index (χ0v) is 12.8. The number of carbonyl (C=O) groups excluding carboxylic acids is 2. The number of amides is 1. The summed E-state index contributed by atoms with van der Waals surface area (Å²) in [5.41, 5.74) is 0. The monoisotopic (exact) mass is 315 g/mol. The Balaban J connectivity index is 1.65. The second-order valence-electron chi connectivity index (χ2n) is 4.99. The van der Waals surface area contributed by atoms with Crippen LogP contribution in [0.2, 0.25) is 4.34 Å². The van der Waals surface area contributed by atoms with Crippen LogP contribution < -0.4 is 5.32 Å². The van der Waals surface area contributed by atoms with E-state index in [2.05, 4.69) is 5.32 Å². The Morgan fingerprint density at radius 3 is 2.70 bits per heavy atom. The molecule has 1 amide bonds. The van der Waals surface area contributed by atoms with E-state index in [1.807, 2.05) is 0 Å². The molecular weight excluding hydrogens is 298 g/mol. The predicted molar refractivity (Wildman–Crippen MR) is 79.2 cm³/mol. The number of nitrogens with one attached hydrogen (secondary N) is 1. The molecule has 20 heavy (non-hydrogen) atoms. The summed E-state index contributed by atoms with van der Waals surface area (Å²) in [6, 6.07) is 3.22. The van der Waals surface area contributed by atoms with Gasteiger partial charge < -0.3 is 10.1 Å². The highest BCUT2D eigenvalue weighted by molar-refractivity contribution is 7.17. The van der Waals surface area contributed by atoms with Crippen molar-refractivity contribution >= 4 is 34.8 Å². The van der Waals surface area contributed by atoms with Crippen LogP contribution in [0.25, 0.3) is 0 Å². The highest BCUT2D eigenvalue weighted by Crippen LogP contribution is 2.23. The molecule has 1 fully saturated rings. The summed E-state index contributed by atoms with van der Waals surface area (Å²) in [5, 5.41) is 2.83. The molecule has 0 atom stereocenters. The van der Waals surface area contributed by atoms with Crippen molar-refractivity contribution in [3.05, 3.63) is 21.3 Å². The van der Waals surface area contributed by atoms with Crippen molar-refractivity contribution in [2.45, 2.75) is 32.1 Å².